The number of hydrogen-bond acceptors (Lipinski definition) is 16. The molecule has 4 saturated heterocycles. The van der Waals surface area contributed by atoms with Crippen LogP contribution in [0.1, 0.15) is 94.9 Å². The first-order valence-electron chi connectivity index (χ1n) is 21.4. The topological polar surface area (TPSA) is 196 Å². The second-order valence-electron chi connectivity index (χ2n) is 18.6. The fourth-order valence-electron chi connectivity index (χ4n) is 10.0. The predicted molar refractivity (Wildman–Crippen MR) is 214 cm³/mol. The highest BCUT2D eigenvalue weighted by Crippen LogP contribution is 2.43. The molecule has 0 aromatic heterocycles. The van der Waals surface area contributed by atoms with Gasteiger partial charge in [-0.05, 0) is 80.8 Å². The molecule has 16 heteroatoms. The molecule has 0 aliphatic carbocycles. The molecule has 4 fully saturated rings. The van der Waals surface area contributed by atoms with Gasteiger partial charge >= 0.3 is 5.97 Å². The zero-order valence-electron chi connectivity index (χ0n) is 37.6. The van der Waals surface area contributed by atoms with E-state index in [4.69, 9.17) is 42.6 Å². The number of hydrogen-bond donors (Lipinski definition) is 5. The van der Waals surface area contributed by atoms with Gasteiger partial charge in [0.25, 0.3) is 0 Å². The molecule has 0 aromatic carbocycles. The predicted octanol–water partition coefficient (Wildman–Crippen LogP) is 2.20. The van der Waals surface area contributed by atoms with Crippen LogP contribution in [0, 0.1) is 23.7 Å². The van der Waals surface area contributed by atoms with E-state index in [1.54, 1.807) is 41.7 Å². The zero-order valence-corrected chi connectivity index (χ0v) is 37.6. The molecule has 0 aromatic rings. The second kappa shape index (κ2) is 20.4. The van der Waals surface area contributed by atoms with Crippen LogP contribution >= 0.6 is 0 Å². The first-order chi connectivity index (χ1) is 27.0. The summed E-state index contributed by atoms with van der Waals surface area (Å²) >= 11 is 0. The number of esters is 1. The molecule has 5 N–H and O–H groups in total. The maximum absolute atomic E-state index is 14.5. The van der Waals surface area contributed by atoms with Crippen LogP contribution < -0.4 is 5.32 Å². The summed E-state index contributed by atoms with van der Waals surface area (Å²) in [4.78, 5) is 16.4. The minimum absolute atomic E-state index is 0.137. The molecule has 58 heavy (non-hydrogen) atoms. The summed E-state index contributed by atoms with van der Waals surface area (Å²) in [5, 5.41) is 51.5. The molecule has 16 nitrogen and oxygen atoms in total. The summed E-state index contributed by atoms with van der Waals surface area (Å²) in [6.07, 6.45) is -8.29. The van der Waals surface area contributed by atoms with Crippen LogP contribution in [0.4, 0.5) is 0 Å². The van der Waals surface area contributed by atoms with Crippen molar-refractivity contribution in [2.45, 2.75) is 191 Å². The molecule has 2 bridgehead atoms. The van der Waals surface area contributed by atoms with Gasteiger partial charge in [0.05, 0.1) is 67.5 Å². The molecule has 0 spiro atoms. The smallest absolute Gasteiger partial charge is 0.311 e. The molecular weight excluding hydrogens is 756 g/mol. The summed E-state index contributed by atoms with van der Waals surface area (Å²) in [5.74, 6) is -2.95. The lowest BCUT2D eigenvalue weighted by atomic mass is 9.71. The van der Waals surface area contributed by atoms with Crippen molar-refractivity contribution in [1.82, 2.24) is 10.2 Å². The number of rotatable bonds is 12. The summed E-state index contributed by atoms with van der Waals surface area (Å²) in [5.41, 5.74) is -4.27. The number of aliphatic hydroxyl groups is 4. The fraction of sp³-hybridized carbons (Fsp3) is 0.976. The summed E-state index contributed by atoms with van der Waals surface area (Å²) in [7, 11) is 6.90. The summed E-state index contributed by atoms with van der Waals surface area (Å²) in [6, 6.07) is -0.593. The molecule has 4 heterocycles. The zero-order chi connectivity index (χ0) is 43.5. The minimum Gasteiger partial charge on any atom is -0.459 e. The number of aliphatic hydroxyl groups excluding tert-OH is 2. The maximum Gasteiger partial charge on any atom is 0.311 e. The molecule has 4 aliphatic heterocycles. The first kappa shape index (κ1) is 49.6. The van der Waals surface area contributed by atoms with Crippen molar-refractivity contribution in [2.24, 2.45) is 23.7 Å². The third-order valence-electron chi connectivity index (χ3n) is 13.5. The Balaban J connectivity index is 1.83. The van der Waals surface area contributed by atoms with Crippen LogP contribution in [0.2, 0.25) is 0 Å². The molecule has 0 amide bonds. The summed E-state index contributed by atoms with van der Waals surface area (Å²) in [6.45, 7) is 19.1. The highest BCUT2D eigenvalue weighted by Gasteiger charge is 2.55. The van der Waals surface area contributed by atoms with E-state index in [9.17, 15) is 25.2 Å². The van der Waals surface area contributed by atoms with Gasteiger partial charge in [0, 0.05) is 44.6 Å². The number of nitrogens with one attached hydrogen (secondary N) is 1. The van der Waals surface area contributed by atoms with Crippen molar-refractivity contribution in [3.05, 3.63) is 0 Å². The third-order valence-corrected chi connectivity index (χ3v) is 13.5. The van der Waals surface area contributed by atoms with Gasteiger partial charge in [-0.25, -0.2) is 0 Å². The van der Waals surface area contributed by atoms with Crippen LogP contribution in [0.15, 0.2) is 0 Å². The Labute approximate surface area is 346 Å². The van der Waals surface area contributed by atoms with Gasteiger partial charge in [-0.1, -0.05) is 27.7 Å². The number of methoxy groups -OCH3 is 2. The van der Waals surface area contributed by atoms with E-state index in [1.165, 1.54) is 7.11 Å². The van der Waals surface area contributed by atoms with Crippen molar-refractivity contribution in [2.75, 3.05) is 48.1 Å². The summed E-state index contributed by atoms with van der Waals surface area (Å²) < 4.78 is 55.7. The number of carbonyl (C=O) groups excluding carboxylic acids is 1. The van der Waals surface area contributed by atoms with Gasteiger partial charge < -0.3 is 68.0 Å². The van der Waals surface area contributed by atoms with Gasteiger partial charge in [-0.3, -0.25) is 10.1 Å². The highest BCUT2D eigenvalue weighted by molar-refractivity contribution is 5.73. The standard InChI is InChI=1S/C42H78N2O14/c1-15-29-42(10,49)37-24(4)32(43-30(56-37)21-52-17-16-50-13)22(2)19-40(8,48)36(58-39-33(45)28(44(11)12)18-23(3)53-39)25(5)34(26(6)38(47)55-29)57-31-20-41(9,51-14)35(46)27(7)54-31/h22-37,39,43,45-46,48-49H,15-21H2,1-14H3/t22-,23-,24?,25+,26-,27+,28+,29-,30-,31+,32+,33-,34+,35+,36-,37-,39+,40-,41-,42-/m1/s1. The molecular formula is C42H78N2O14. The minimum atomic E-state index is -1.64. The number of ether oxygens (including phenoxy) is 9. The number of nitrogens with zero attached hydrogens (tertiary/aromatic N) is 1. The Hall–Kier alpha value is -1.09. The largest absolute Gasteiger partial charge is 0.459 e. The molecule has 4 aliphatic rings. The van der Waals surface area contributed by atoms with Crippen molar-refractivity contribution < 1.29 is 67.9 Å². The first-order valence-corrected chi connectivity index (χ1v) is 21.4. The monoisotopic (exact) mass is 835 g/mol. The average Bonchev–Trinajstić information content (AvgIpc) is 3.15. The highest BCUT2D eigenvalue weighted by atomic mass is 16.7. The van der Waals surface area contributed by atoms with E-state index in [0.717, 1.165) is 0 Å². The van der Waals surface area contributed by atoms with Crippen LogP contribution in [0.3, 0.4) is 0 Å². The van der Waals surface area contributed by atoms with Crippen molar-refractivity contribution in [3.8, 4) is 0 Å². The molecule has 20 atom stereocenters. The average molecular weight is 835 g/mol. The van der Waals surface area contributed by atoms with Gasteiger partial charge in [-0.2, -0.15) is 0 Å². The van der Waals surface area contributed by atoms with E-state index in [0.29, 0.717) is 19.6 Å². The molecule has 0 radical (unpaired) electrons. The van der Waals surface area contributed by atoms with Crippen molar-refractivity contribution in [3.63, 3.8) is 0 Å². The van der Waals surface area contributed by atoms with E-state index in [-0.39, 0.29) is 55.9 Å². The van der Waals surface area contributed by atoms with Crippen molar-refractivity contribution in [1.29, 1.82) is 0 Å². The normalized spacial score (nSPS) is 48.7. The lowest BCUT2D eigenvalue weighted by Gasteiger charge is -2.52. The van der Waals surface area contributed by atoms with Crippen LogP contribution in [-0.2, 0) is 47.4 Å². The lowest BCUT2D eigenvalue weighted by Crippen LogP contribution is -2.67. The second-order valence-corrected chi connectivity index (χ2v) is 18.6. The number of carbonyl (C=O) groups is 1. The quantitative estimate of drug-likeness (QED) is 0.142. The lowest BCUT2D eigenvalue weighted by molar-refractivity contribution is -0.318. The maximum atomic E-state index is 14.5. The number of cyclic esters (lactones) is 1. The number of likely N-dealkylation sites (N-methyl/N-ethyl adjacent to an activating group) is 1. The molecule has 340 valence electrons. The van der Waals surface area contributed by atoms with E-state index in [1.807, 2.05) is 53.6 Å². The van der Waals surface area contributed by atoms with Gasteiger partial charge in [-0.15, -0.1) is 0 Å². The van der Waals surface area contributed by atoms with Crippen molar-refractivity contribution >= 4 is 5.97 Å². The van der Waals surface area contributed by atoms with Crippen LogP contribution in [0.25, 0.3) is 0 Å². The Morgan fingerprint density at radius 3 is 2.19 bits per heavy atom. The Morgan fingerprint density at radius 2 is 1.59 bits per heavy atom. The Morgan fingerprint density at radius 1 is 0.914 bits per heavy atom. The molecule has 0 saturated carbocycles. The molecule has 1 unspecified atom stereocenters. The van der Waals surface area contributed by atoms with E-state index < -0.39 is 96.1 Å². The SMILES string of the molecule is CC[C@H]1OC(=O)[C@H](C)[C@@H](O[C@H]2C[C@@](C)(OC)[C@@H](O)[C@H](C)O2)[C@H](C)[C@@H](O[C@@H]2O[C@H](C)C[C@H](N(C)C)[C@H]2O)[C@](C)(O)C[C@@H](C)[C@@H]2N[C@@H](COCCOC)O[C@H](C2C)[C@]1(C)O. The Kier molecular flexibility index (Phi) is 17.4. The fourth-order valence-corrected chi connectivity index (χ4v) is 10.0. The third kappa shape index (κ3) is 11.1. The van der Waals surface area contributed by atoms with Gasteiger partial charge in [0.15, 0.2) is 12.6 Å². The van der Waals surface area contributed by atoms with Gasteiger partial charge in [0.1, 0.15) is 30.1 Å². The van der Waals surface area contributed by atoms with E-state index >= 15 is 0 Å². The molecule has 4 rings (SSSR count). The Bertz CT molecular complexity index is 1290. The van der Waals surface area contributed by atoms with Gasteiger partial charge in [0.2, 0.25) is 0 Å². The van der Waals surface area contributed by atoms with Crippen LogP contribution in [0.5, 0.6) is 0 Å². The van der Waals surface area contributed by atoms with Crippen LogP contribution in [-0.4, -0.2) is 176 Å². The van der Waals surface area contributed by atoms with E-state index in [2.05, 4.69) is 5.32 Å². The number of fused-ring (bicyclic) bond motifs is 2.